The SMILES string of the molecule is CCC(CC)(Pc1ccccc1/C=N/C)c1cccc(OC)c1O. The number of aliphatic imine (C=N–C) groups is 1. The Hall–Kier alpha value is -1.86. The van der Waals surface area contributed by atoms with E-state index in [-0.39, 0.29) is 10.9 Å². The van der Waals surface area contributed by atoms with Crippen molar-refractivity contribution < 1.29 is 9.84 Å². The van der Waals surface area contributed by atoms with Gasteiger partial charge in [-0.2, -0.15) is 0 Å². The second-order valence-corrected chi connectivity index (χ2v) is 7.49. The molecule has 0 saturated carbocycles. The standard InChI is InChI=1S/C20H26NO2P/c1-5-20(6-2,16-11-9-12-17(23-4)19(16)22)24-18-13-8-7-10-15(18)14-21-3/h7-14,22,24H,5-6H2,1-4H3/b21-14+. The second kappa shape index (κ2) is 8.30. The van der Waals surface area contributed by atoms with Crippen LogP contribution in [0.5, 0.6) is 11.5 Å². The maximum absolute atomic E-state index is 10.7. The van der Waals surface area contributed by atoms with Crippen LogP contribution in [0.4, 0.5) is 0 Å². The Morgan fingerprint density at radius 3 is 2.46 bits per heavy atom. The van der Waals surface area contributed by atoms with Gasteiger partial charge in [0.05, 0.1) is 7.11 Å². The molecule has 1 unspecified atom stereocenters. The van der Waals surface area contributed by atoms with Gasteiger partial charge in [-0.25, -0.2) is 0 Å². The van der Waals surface area contributed by atoms with Crippen molar-refractivity contribution in [1.82, 2.24) is 0 Å². The minimum absolute atomic E-state index is 0.115. The van der Waals surface area contributed by atoms with Gasteiger partial charge in [-0.05, 0) is 29.8 Å². The first-order valence-electron chi connectivity index (χ1n) is 8.27. The van der Waals surface area contributed by atoms with Crippen molar-refractivity contribution in [1.29, 1.82) is 0 Å². The topological polar surface area (TPSA) is 41.8 Å². The molecule has 2 aromatic carbocycles. The molecular formula is C20H26NO2P. The second-order valence-electron chi connectivity index (χ2n) is 5.75. The number of nitrogens with zero attached hydrogens (tertiary/aromatic N) is 1. The van der Waals surface area contributed by atoms with E-state index in [1.165, 1.54) is 5.30 Å². The highest BCUT2D eigenvalue weighted by Crippen LogP contribution is 2.51. The summed E-state index contributed by atoms with van der Waals surface area (Å²) < 4.78 is 5.31. The van der Waals surface area contributed by atoms with Gasteiger partial charge >= 0.3 is 0 Å². The molecule has 0 aliphatic carbocycles. The van der Waals surface area contributed by atoms with E-state index in [1.807, 2.05) is 24.4 Å². The van der Waals surface area contributed by atoms with Crippen LogP contribution in [0.2, 0.25) is 0 Å². The van der Waals surface area contributed by atoms with Crippen LogP contribution in [-0.2, 0) is 5.16 Å². The van der Waals surface area contributed by atoms with Gasteiger partial charge in [-0.3, -0.25) is 4.99 Å². The van der Waals surface area contributed by atoms with E-state index in [0.717, 1.165) is 24.0 Å². The van der Waals surface area contributed by atoms with Crippen LogP contribution in [0, 0.1) is 0 Å². The lowest BCUT2D eigenvalue weighted by Crippen LogP contribution is -2.23. The third-order valence-electron chi connectivity index (χ3n) is 4.54. The third-order valence-corrected chi connectivity index (χ3v) is 6.72. The summed E-state index contributed by atoms with van der Waals surface area (Å²) in [6.45, 7) is 4.37. The summed E-state index contributed by atoms with van der Waals surface area (Å²) in [6, 6.07) is 14.1. The zero-order valence-electron chi connectivity index (χ0n) is 14.8. The van der Waals surface area contributed by atoms with Gasteiger partial charge in [0.1, 0.15) is 0 Å². The molecule has 0 aliphatic rings. The van der Waals surface area contributed by atoms with Gasteiger partial charge < -0.3 is 9.84 Å². The van der Waals surface area contributed by atoms with E-state index in [2.05, 4.69) is 37.0 Å². The van der Waals surface area contributed by atoms with Crippen LogP contribution in [0.1, 0.15) is 37.8 Å². The number of phenolic OH excluding ortho intramolecular Hbond substituents is 1. The van der Waals surface area contributed by atoms with Crippen molar-refractivity contribution >= 4 is 20.1 Å². The summed E-state index contributed by atoms with van der Waals surface area (Å²) in [5.74, 6) is 0.796. The van der Waals surface area contributed by atoms with Crippen molar-refractivity contribution in [2.75, 3.05) is 14.2 Å². The normalized spacial score (nSPS) is 12.3. The van der Waals surface area contributed by atoms with E-state index in [4.69, 9.17) is 4.74 Å². The molecule has 0 aromatic heterocycles. The Morgan fingerprint density at radius 2 is 1.83 bits per heavy atom. The quantitative estimate of drug-likeness (QED) is 0.595. The van der Waals surface area contributed by atoms with E-state index < -0.39 is 0 Å². The Kier molecular flexibility index (Phi) is 6.39. The fourth-order valence-corrected chi connectivity index (χ4v) is 4.75. The highest BCUT2D eigenvalue weighted by molar-refractivity contribution is 7.48. The van der Waals surface area contributed by atoms with Gasteiger partial charge in [-0.1, -0.05) is 58.8 Å². The minimum Gasteiger partial charge on any atom is -0.504 e. The van der Waals surface area contributed by atoms with Gasteiger partial charge in [0.15, 0.2) is 11.5 Å². The average Bonchev–Trinajstić information content (AvgIpc) is 2.62. The van der Waals surface area contributed by atoms with Crippen molar-refractivity contribution in [3.05, 3.63) is 53.6 Å². The van der Waals surface area contributed by atoms with E-state index in [1.54, 1.807) is 20.2 Å². The molecule has 0 aliphatic heterocycles. The van der Waals surface area contributed by atoms with Crippen LogP contribution >= 0.6 is 8.58 Å². The maximum Gasteiger partial charge on any atom is 0.161 e. The Morgan fingerprint density at radius 1 is 1.12 bits per heavy atom. The van der Waals surface area contributed by atoms with Gasteiger partial charge in [0, 0.05) is 24.0 Å². The summed E-state index contributed by atoms with van der Waals surface area (Å²) in [7, 11) is 3.92. The van der Waals surface area contributed by atoms with Crippen LogP contribution in [0.15, 0.2) is 47.5 Å². The number of hydrogen-bond acceptors (Lipinski definition) is 3. The van der Waals surface area contributed by atoms with Crippen molar-refractivity contribution in [3.63, 3.8) is 0 Å². The predicted octanol–water partition coefficient (Wildman–Crippen LogP) is 4.47. The maximum atomic E-state index is 10.7. The molecule has 4 heteroatoms. The fourth-order valence-electron chi connectivity index (χ4n) is 3.07. The van der Waals surface area contributed by atoms with Gasteiger partial charge in [-0.15, -0.1) is 0 Å². The summed E-state index contributed by atoms with van der Waals surface area (Å²) in [5.41, 5.74) is 2.11. The lowest BCUT2D eigenvalue weighted by atomic mass is 9.91. The molecular weight excluding hydrogens is 317 g/mol. The summed E-state index contributed by atoms with van der Waals surface area (Å²) in [5, 5.41) is 11.8. The number of phenols is 1. The molecule has 1 atom stereocenters. The predicted molar refractivity (Wildman–Crippen MR) is 105 cm³/mol. The van der Waals surface area contributed by atoms with Crippen LogP contribution in [-0.4, -0.2) is 25.5 Å². The summed E-state index contributed by atoms with van der Waals surface area (Å²) in [6.07, 6.45) is 3.80. The number of rotatable bonds is 7. The average molecular weight is 343 g/mol. The number of aromatic hydroxyl groups is 1. The largest absolute Gasteiger partial charge is 0.504 e. The number of methoxy groups -OCH3 is 1. The van der Waals surface area contributed by atoms with E-state index >= 15 is 0 Å². The van der Waals surface area contributed by atoms with Crippen LogP contribution in [0.25, 0.3) is 0 Å². The monoisotopic (exact) mass is 343 g/mol. The Balaban J connectivity index is 2.53. The smallest absolute Gasteiger partial charge is 0.161 e. The Bertz CT molecular complexity index is 709. The third kappa shape index (κ3) is 3.62. The number of ether oxygens (including phenoxy) is 1. The molecule has 128 valence electrons. The highest BCUT2D eigenvalue weighted by atomic mass is 31.1. The van der Waals surface area contributed by atoms with Crippen molar-refractivity contribution in [2.45, 2.75) is 31.8 Å². The molecule has 0 spiro atoms. The fraction of sp³-hybridized carbons (Fsp3) is 0.350. The van der Waals surface area contributed by atoms with Gasteiger partial charge in [0.25, 0.3) is 0 Å². The molecule has 24 heavy (non-hydrogen) atoms. The van der Waals surface area contributed by atoms with E-state index in [9.17, 15) is 5.11 Å². The molecule has 0 bridgehead atoms. The van der Waals surface area contributed by atoms with E-state index in [0.29, 0.717) is 14.3 Å². The summed E-state index contributed by atoms with van der Waals surface area (Å²) >= 11 is 0. The molecule has 0 heterocycles. The first-order chi connectivity index (χ1) is 11.6. The van der Waals surface area contributed by atoms with Crippen molar-refractivity contribution in [3.8, 4) is 11.5 Å². The molecule has 3 nitrogen and oxygen atoms in total. The lowest BCUT2D eigenvalue weighted by Gasteiger charge is -2.34. The molecule has 0 radical (unpaired) electrons. The van der Waals surface area contributed by atoms with Crippen LogP contribution in [0.3, 0.4) is 0 Å². The number of para-hydroxylation sites is 1. The minimum atomic E-state index is -0.115. The zero-order valence-corrected chi connectivity index (χ0v) is 15.8. The molecule has 2 aromatic rings. The molecule has 1 N–H and O–H groups in total. The number of hydrogen-bond donors (Lipinski definition) is 1. The lowest BCUT2D eigenvalue weighted by molar-refractivity contribution is 0.365. The first-order valence-corrected chi connectivity index (χ1v) is 9.27. The molecule has 0 saturated heterocycles. The first kappa shape index (κ1) is 18.5. The van der Waals surface area contributed by atoms with Crippen LogP contribution < -0.4 is 10.0 Å². The Labute approximate surface area is 146 Å². The summed E-state index contributed by atoms with van der Waals surface area (Å²) in [4.78, 5) is 4.18. The molecule has 2 rings (SSSR count). The van der Waals surface area contributed by atoms with Crippen molar-refractivity contribution in [2.24, 2.45) is 4.99 Å². The zero-order chi connectivity index (χ0) is 17.6. The van der Waals surface area contributed by atoms with Gasteiger partial charge in [0.2, 0.25) is 0 Å². The number of benzene rings is 2. The molecule has 0 amide bonds. The highest BCUT2D eigenvalue weighted by Gasteiger charge is 2.33. The molecule has 0 fully saturated rings.